The van der Waals surface area contributed by atoms with Crippen molar-refractivity contribution in [2.45, 2.75) is 13.3 Å². The minimum absolute atomic E-state index is 0.0275. The van der Waals surface area contributed by atoms with E-state index in [1.807, 2.05) is 0 Å². The van der Waals surface area contributed by atoms with Crippen molar-refractivity contribution in [3.8, 4) is 0 Å². The summed E-state index contributed by atoms with van der Waals surface area (Å²) in [6.07, 6.45) is 3.05. The normalized spacial score (nSPS) is 27.4. The van der Waals surface area contributed by atoms with Crippen molar-refractivity contribution in [3.05, 3.63) is 22.9 Å². The molecule has 0 aromatic rings. The summed E-state index contributed by atoms with van der Waals surface area (Å²) in [6.45, 7) is 1.79. The van der Waals surface area contributed by atoms with Gasteiger partial charge >= 0.3 is 0 Å². The average Bonchev–Trinajstić information content (AvgIpc) is 1.94. The highest BCUT2D eigenvalue weighted by Crippen LogP contribution is 2.25. The Balaban J connectivity index is 2.90. The standard InChI is InChI=1S/C7H9FO2S/c1-5-2-3-6(8)4-7(5)11(9)10/h3-5H,2H2,1H3,(H,9,10). The summed E-state index contributed by atoms with van der Waals surface area (Å²) in [7, 11) is 0. The Morgan fingerprint density at radius 3 is 2.91 bits per heavy atom. The van der Waals surface area contributed by atoms with Crippen LogP contribution in [0.3, 0.4) is 0 Å². The lowest BCUT2D eigenvalue weighted by molar-refractivity contribution is 0.554. The van der Waals surface area contributed by atoms with Gasteiger partial charge in [-0.15, -0.1) is 0 Å². The maximum atomic E-state index is 12.5. The van der Waals surface area contributed by atoms with E-state index in [0.717, 1.165) is 6.08 Å². The lowest BCUT2D eigenvalue weighted by Gasteiger charge is -2.13. The Hall–Kier alpha value is -0.480. The molecule has 2 atom stereocenters. The van der Waals surface area contributed by atoms with E-state index in [1.54, 1.807) is 6.92 Å². The molecule has 1 aliphatic carbocycles. The van der Waals surface area contributed by atoms with Crippen LogP contribution in [-0.2, 0) is 11.1 Å². The first kappa shape index (κ1) is 8.62. The van der Waals surface area contributed by atoms with Crippen LogP contribution in [0.25, 0.3) is 0 Å². The van der Waals surface area contributed by atoms with E-state index in [9.17, 15) is 8.60 Å². The van der Waals surface area contributed by atoms with Crippen molar-refractivity contribution in [1.29, 1.82) is 0 Å². The van der Waals surface area contributed by atoms with Crippen LogP contribution in [0.1, 0.15) is 13.3 Å². The van der Waals surface area contributed by atoms with E-state index >= 15 is 0 Å². The molecule has 0 saturated heterocycles. The van der Waals surface area contributed by atoms with Crippen LogP contribution >= 0.6 is 0 Å². The minimum atomic E-state index is -2.02. The Labute approximate surface area is 67.1 Å². The van der Waals surface area contributed by atoms with E-state index in [2.05, 4.69) is 0 Å². The fourth-order valence-corrected chi connectivity index (χ4v) is 1.62. The molecule has 11 heavy (non-hydrogen) atoms. The van der Waals surface area contributed by atoms with Crippen molar-refractivity contribution in [3.63, 3.8) is 0 Å². The number of halogens is 1. The highest BCUT2D eigenvalue weighted by Gasteiger charge is 2.17. The minimum Gasteiger partial charge on any atom is -0.302 e. The highest BCUT2D eigenvalue weighted by molar-refractivity contribution is 7.83. The van der Waals surface area contributed by atoms with Gasteiger partial charge in [-0.1, -0.05) is 6.92 Å². The highest BCUT2D eigenvalue weighted by atomic mass is 32.2. The smallest absolute Gasteiger partial charge is 0.182 e. The van der Waals surface area contributed by atoms with E-state index in [-0.39, 0.29) is 10.8 Å². The average molecular weight is 176 g/mol. The zero-order chi connectivity index (χ0) is 8.43. The molecule has 0 aromatic heterocycles. The molecule has 0 radical (unpaired) electrons. The van der Waals surface area contributed by atoms with Gasteiger partial charge in [-0.3, -0.25) is 0 Å². The van der Waals surface area contributed by atoms with Crippen LogP contribution in [0, 0.1) is 5.92 Å². The summed E-state index contributed by atoms with van der Waals surface area (Å²) >= 11 is -2.02. The summed E-state index contributed by atoms with van der Waals surface area (Å²) in [4.78, 5) is 0.269. The van der Waals surface area contributed by atoms with Crippen LogP contribution in [0.5, 0.6) is 0 Å². The number of allylic oxidation sites excluding steroid dienone is 4. The molecule has 0 bridgehead atoms. The molecule has 1 aliphatic rings. The van der Waals surface area contributed by atoms with Crippen molar-refractivity contribution < 1.29 is 13.2 Å². The summed E-state index contributed by atoms with van der Waals surface area (Å²) < 4.78 is 31.7. The van der Waals surface area contributed by atoms with E-state index in [4.69, 9.17) is 4.55 Å². The summed E-state index contributed by atoms with van der Waals surface area (Å²) in [5, 5.41) is 0. The fraction of sp³-hybridized carbons (Fsp3) is 0.429. The third-order valence-electron chi connectivity index (χ3n) is 1.63. The second-order valence-electron chi connectivity index (χ2n) is 2.52. The Kier molecular flexibility index (Phi) is 2.57. The Morgan fingerprint density at radius 1 is 1.82 bits per heavy atom. The van der Waals surface area contributed by atoms with Crippen LogP contribution in [0.2, 0.25) is 0 Å². The van der Waals surface area contributed by atoms with Gasteiger partial charge in [0.2, 0.25) is 0 Å². The molecule has 2 unspecified atom stereocenters. The molecule has 0 fully saturated rings. The van der Waals surface area contributed by atoms with Gasteiger partial charge in [-0.2, -0.15) is 0 Å². The lowest BCUT2D eigenvalue weighted by Crippen LogP contribution is -2.07. The predicted octanol–water partition coefficient (Wildman–Crippen LogP) is 1.99. The van der Waals surface area contributed by atoms with Crippen LogP contribution in [0.4, 0.5) is 4.39 Å². The molecular weight excluding hydrogens is 167 g/mol. The summed E-state index contributed by atoms with van der Waals surface area (Å²) in [5.74, 6) is -0.444. The van der Waals surface area contributed by atoms with Gasteiger partial charge in [0.05, 0.1) is 0 Å². The van der Waals surface area contributed by atoms with Gasteiger partial charge < -0.3 is 4.55 Å². The monoisotopic (exact) mass is 176 g/mol. The number of hydrogen-bond donors (Lipinski definition) is 1. The molecule has 62 valence electrons. The third kappa shape index (κ3) is 1.97. The van der Waals surface area contributed by atoms with Crippen LogP contribution in [0.15, 0.2) is 22.9 Å². The molecule has 1 N–H and O–H groups in total. The Bertz CT molecular complexity index is 245. The first-order chi connectivity index (χ1) is 5.11. The van der Waals surface area contributed by atoms with Crippen molar-refractivity contribution in [1.82, 2.24) is 0 Å². The van der Waals surface area contributed by atoms with Gasteiger partial charge in [0, 0.05) is 4.91 Å². The van der Waals surface area contributed by atoms with Crippen LogP contribution in [-0.4, -0.2) is 8.76 Å². The van der Waals surface area contributed by atoms with Gasteiger partial charge in [0.25, 0.3) is 0 Å². The van der Waals surface area contributed by atoms with E-state index in [1.165, 1.54) is 6.08 Å². The first-order valence-electron chi connectivity index (χ1n) is 3.29. The molecule has 0 spiro atoms. The molecule has 2 nitrogen and oxygen atoms in total. The molecule has 4 heteroatoms. The largest absolute Gasteiger partial charge is 0.302 e. The molecule has 0 aliphatic heterocycles. The molecule has 0 heterocycles. The van der Waals surface area contributed by atoms with E-state index in [0.29, 0.717) is 6.42 Å². The SMILES string of the molecule is CC1CC=C(F)C=C1S(=O)O. The summed E-state index contributed by atoms with van der Waals surface area (Å²) in [5.41, 5.74) is 0. The van der Waals surface area contributed by atoms with Crippen molar-refractivity contribution >= 4 is 11.1 Å². The summed E-state index contributed by atoms with van der Waals surface area (Å²) in [6, 6.07) is 0. The van der Waals surface area contributed by atoms with Gasteiger partial charge in [-0.05, 0) is 24.5 Å². The molecule has 0 saturated carbocycles. The zero-order valence-corrected chi connectivity index (χ0v) is 6.90. The Morgan fingerprint density at radius 2 is 2.45 bits per heavy atom. The zero-order valence-electron chi connectivity index (χ0n) is 6.08. The molecule has 0 amide bonds. The van der Waals surface area contributed by atoms with Gasteiger partial charge in [0.1, 0.15) is 5.83 Å². The number of hydrogen-bond acceptors (Lipinski definition) is 1. The van der Waals surface area contributed by atoms with Crippen molar-refractivity contribution in [2.24, 2.45) is 5.92 Å². The maximum Gasteiger partial charge on any atom is 0.182 e. The van der Waals surface area contributed by atoms with Crippen molar-refractivity contribution in [2.75, 3.05) is 0 Å². The quantitative estimate of drug-likeness (QED) is 0.620. The predicted molar refractivity (Wildman–Crippen MR) is 41.8 cm³/mol. The second kappa shape index (κ2) is 3.28. The fourth-order valence-electron chi connectivity index (χ4n) is 0.965. The molecular formula is C7H9FO2S. The first-order valence-corrected chi connectivity index (χ1v) is 4.40. The van der Waals surface area contributed by atoms with Gasteiger partial charge in [-0.25, -0.2) is 8.60 Å². The molecule has 0 aromatic carbocycles. The number of rotatable bonds is 1. The van der Waals surface area contributed by atoms with E-state index < -0.39 is 16.9 Å². The lowest BCUT2D eigenvalue weighted by atomic mass is 10.0. The third-order valence-corrected chi connectivity index (χ3v) is 2.56. The van der Waals surface area contributed by atoms with Crippen LogP contribution < -0.4 is 0 Å². The second-order valence-corrected chi connectivity index (χ2v) is 3.49. The van der Waals surface area contributed by atoms with Gasteiger partial charge in [0.15, 0.2) is 11.1 Å². The maximum absolute atomic E-state index is 12.5. The molecule has 1 rings (SSSR count). The topological polar surface area (TPSA) is 37.3 Å².